The molecule has 0 spiro atoms. The van der Waals surface area contributed by atoms with E-state index in [9.17, 15) is 9.59 Å². The van der Waals surface area contributed by atoms with Crippen molar-refractivity contribution in [2.75, 3.05) is 10.2 Å². The zero-order chi connectivity index (χ0) is 25.9. The van der Waals surface area contributed by atoms with Gasteiger partial charge in [-0.25, -0.2) is 0 Å². The largest absolute Gasteiger partial charge is 0.357 e. The fraction of sp³-hybridized carbons (Fsp3) is 0.333. The lowest BCUT2D eigenvalue weighted by Gasteiger charge is -2.35. The minimum Gasteiger partial charge on any atom is -0.357 e. The SMILES string of the molecule is CCCCCC(=O)N1c2ccccc2NC2=C(C(=O)C[C@@H](c3ccc(C)cc3)C2)[C@@H]1c1ccc(C)cc1. The van der Waals surface area contributed by atoms with Crippen LogP contribution in [0.2, 0.25) is 0 Å². The number of Topliss-reactive ketones (excluding diaryl/α,β-unsaturated/α-hetero) is 1. The Hall–Kier alpha value is -3.66. The molecule has 3 aromatic carbocycles. The van der Waals surface area contributed by atoms with Crippen molar-refractivity contribution >= 4 is 23.1 Å². The van der Waals surface area contributed by atoms with Gasteiger partial charge in [-0.1, -0.05) is 91.6 Å². The number of carbonyl (C=O) groups is 2. The fourth-order valence-electron chi connectivity index (χ4n) is 5.65. The topological polar surface area (TPSA) is 49.4 Å². The summed E-state index contributed by atoms with van der Waals surface area (Å²) in [5.41, 5.74) is 7.90. The maximum atomic E-state index is 14.0. The van der Waals surface area contributed by atoms with E-state index in [0.717, 1.165) is 59.5 Å². The quantitative estimate of drug-likeness (QED) is 0.357. The van der Waals surface area contributed by atoms with E-state index in [1.807, 2.05) is 29.2 Å². The zero-order valence-electron chi connectivity index (χ0n) is 22.1. The number of unbranched alkanes of at least 4 members (excludes halogenated alkanes) is 2. The summed E-state index contributed by atoms with van der Waals surface area (Å²) in [6, 6.07) is 24.3. The van der Waals surface area contributed by atoms with Crippen molar-refractivity contribution in [2.45, 2.75) is 71.3 Å². The lowest BCUT2D eigenvalue weighted by Crippen LogP contribution is -2.38. The first-order valence-corrected chi connectivity index (χ1v) is 13.5. The van der Waals surface area contributed by atoms with Crippen LogP contribution in [-0.4, -0.2) is 11.7 Å². The Morgan fingerprint density at radius 1 is 0.865 bits per heavy atom. The van der Waals surface area contributed by atoms with Crippen LogP contribution in [0.3, 0.4) is 0 Å². The Labute approximate surface area is 220 Å². The minimum atomic E-state index is -0.452. The second kappa shape index (κ2) is 10.8. The molecule has 1 heterocycles. The molecule has 37 heavy (non-hydrogen) atoms. The lowest BCUT2D eigenvalue weighted by atomic mass is 9.78. The number of nitrogens with zero attached hydrogens (tertiary/aromatic N) is 1. The van der Waals surface area contributed by atoms with Crippen LogP contribution in [0.15, 0.2) is 84.1 Å². The van der Waals surface area contributed by atoms with Gasteiger partial charge in [-0.2, -0.15) is 0 Å². The van der Waals surface area contributed by atoms with Crippen LogP contribution in [-0.2, 0) is 9.59 Å². The number of ketones is 1. The standard InChI is InChI=1S/C33H36N2O2/c1-4-5-6-11-31(37)35-29-10-8-7-9-27(29)34-28-20-26(24-16-12-22(2)13-17-24)21-30(36)32(28)33(35)25-18-14-23(3)15-19-25/h7-10,12-19,26,33-34H,4-6,11,20-21H2,1-3H3/t26-,33-/m0/s1. The average molecular weight is 493 g/mol. The van der Waals surface area contributed by atoms with Crippen molar-refractivity contribution in [1.29, 1.82) is 0 Å². The molecule has 4 heteroatoms. The summed E-state index contributed by atoms with van der Waals surface area (Å²) in [6.07, 6.45) is 4.56. The Kier molecular flexibility index (Phi) is 7.27. The summed E-state index contributed by atoms with van der Waals surface area (Å²) in [6.45, 7) is 6.29. The van der Waals surface area contributed by atoms with E-state index < -0.39 is 6.04 Å². The van der Waals surface area contributed by atoms with Crippen LogP contribution in [0.25, 0.3) is 0 Å². The third kappa shape index (κ3) is 5.11. The van der Waals surface area contributed by atoms with Crippen LogP contribution >= 0.6 is 0 Å². The van der Waals surface area contributed by atoms with Gasteiger partial charge in [0.1, 0.15) is 0 Å². The molecule has 4 nitrogen and oxygen atoms in total. The van der Waals surface area contributed by atoms with E-state index in [0.29, 0.717) is 12.8 Å². The molecule has 2 aliphatic rings. The van der Waals surface area contributed by atoms with Gasteiger partial charge in [0.05, 0.1) is 17.4 Å². The number of para-hydroxylation sites is 2. The molecular weight excluding hydrogens is 456 g/mol. The molecule has 1 aliphatic carbocycles. The first-order valence-electron chi connectivity index (χ1n) is 13.5. The first-order chi connectivity index (χ1) is 18.0. The Bertz CT molecular complexity index is 1320. The van der Waals surface area contributed by atoms with E-state index in [4.69, 9.17) is 0 Å². The number of aryl methyl sites for hydroxylation is 2. The number of rotatable bonds is 6. The van der Waals surface area contributed by atoms with Gasteiger partial charge < -0.3 is 5.32 Å². The molecular formula is C33H36N2O2. The molecule has 190 valence electrons. The predicted molar refractivity (Wildman–Crippen MR) is 151 cm³/mol. The molecule has 0 fully saturated rings. The predicted octanol–water partition coefficient (Wildman–Crippen LogP) is 7.78. The van der Waals surface area contributed by atoms with Gasteiger partial charge >= 0.3 is 0 Å². The van der Waals surface area contributed by atoms with Crippen molar-refractivity contribution in [3.8, 4) is 0 Å². The molecule has 3 aromatic rings. The van der Waals surface area contributed by atoms with Crippen molar-refractivity contribution < 1.29 is 9.59 Å². The highest BCUT2D eigenvalue weighted by Crippen LogP contribution is 2.47. The highest BCUT2D eigenvalue weighted by Gasteiger charge is 2.41. The number of carbonyl (C=O) groups excluding carboxylic acids is 2. The van der Waals surface area contributed by atoms with Crippen LogP contribution in [0.5, 0.6) is 0 Å². The highest BCUT2D eigenvalue weighted by atomic mass is 16.2. The van der Waals surface area contributed by atoms with E-state index in [1.165, 1.54) is 11.1 Å². The fourth-order valence-corrected chi connectivity index (χ4v) is 5.65. The molecule has 1 aliphatic heterocycles. The summed E-state index contributed by atoms with van der Waals surface area (Å²) in [7, 11) is 0. The highest BCUT2D eigenvalue weighted by molar-refractivity contribution is 6.06. The molecule has 1 N–H and O–H groups in total. The number of allylic oxidation sites excluding steroid dienone is 1. The smallest absolute Gasteiger partial charge is 0.227 e. The summed E-state index contributed by atoms with van der Waals surface area (Å²) in [5.74, 6) is 0.288. The molecule has 0 aromatic heterocycles. The summed E-state index contributed by atoms with van der Waals surface area (Å²) >= 11 is 0. The van der Waals surface area contributed by atoms with Crippen LogP contribution in [0.1, 0.15) is 79.7 Å². The summed E-state index contributed by atoms with van der Waals surface area (Å²) in [5, 5.41) is 3.63. The summed E-state index contributed by atoms with van der Waals surface area (Å²) in [4.78, 5) is 29.8. The number of fused-ring (bicyclic) bond motifs is 1. The summed E-state index contributed by atoms with van der Waals surface area (Å²) < 4.78 is 0. The number of anilines is 2. The molecule has 0 saturated carbocycles. The Morgan fingerprint density at radius 2 is 1.51 bits per heavy atom. The molecule has 0 bridgehead atoms. The first kappa shape index (κ1) is 25.0. The van der Waals surface area contributed by atoms with Gasteiger partial charge in [0.25, 0.3) is 0 Å². The molecule has 1 amide bonds. The van der Waals surface area contributed by atoms with Crippen molar-refractivity contribution in [1.82, 2.24) is 0 Å². The van der Waals surface area contributed by atoms with E-state index in [2.05, 4.69) is 74.6 Å². The number of benzene rings is 3. The second-order valence-corrected chi connectivity index (χ2v) is 10.5. The second-order valence-electron chi connectivity index (χ2n) is 10.5. The number of hydrogen-bond donors (Lipinski definition) is 1. The van der Waals surface area contributed by atoms with E-state index in [-0.39, 0.29) is 17.6 Å². The number of hydrogen-bond acceptors (Lipinski definition) is 3. The average Bonchev–Trinajstić information content (AvgIpc) is 3.04. The maximum absolute atomic E-state index is 14.0. The van der Waals surface area contributed by atoms with Crippen molar-refractivity contribution in [3.05, 3.63) is 106 Å². The zero-order valence-corrected chi connectivity index (χ0v) is 22.1. The Balaban J connectivity index is 1.65. The van der Waals surface area contributed by atoms with Gasteiger partial charge in [0.15, 0.2) is 5.78 Å². The van der Waals surface area contributed by atoms with Gasteiger partial charge in [-0.15, -0.1) is 0 Å². The molecule has 2 atom stereocenters. The Morgan fingerprint density at radius 3 is 2.19 bits per heavy atom. The molecule has 0 radical (unpaired) electrons. The third-order valence-electron chi connectivity index (χ3n) is 7.69. The lowest BCUT2D eigenvalue weighted by molar-refractivity contribution is -0.119. The van der Waals surface area contributed by atoms with Gasteiger partial charge in [0.2, 0.25) is 5.91 Å². The van der Waals surface area contributed by atoms with Crippen LogP contribution in [0.4, 0.5) is 11.4 Å². The molecule has 5 rings (SSSR count). The third-order valence-corrected chi connectivity index (χ3v) is 7.69. The molecule has 0 saturated heterocycles. The monoisotopic (exact) mass is 492 g/mol. The van der Waals surface area contributed by atoms with Gasteiger partial charge in [-0.05, 0) is 55.9 Å². The maximum Gasteiger partial charge on any atom is 0.227 e. The minimum absolute atomic E-state index is 0.0653. The number of amides is 1. The normalized spacial score (nSPS) is 19.1. The van der Waals surface area contributed by atoms with Crippen molar-refractivity contribution in [2.24, 2.45) is 0 Å². The number of nitrogens with one attached hydrogen (secondary N) is 1. The van der Waals surface area contributed by atoms with Crippen molar-refractivity contribution in [3.63, 3.8) is 0 Å². The van der Waals surface area contributed by atoms with Gasteiger partial charge in [-0.3, -0.25) is 14.5 Å². The van der Waals surface area contributed by atoms with Gasteiger partial charge in [0, 0.05) is 24.1 Å². The van der Waals surface area contributed by atoms with E-state index >= 15 is 0 Å². The molecule has 0 unspecified atom stereocenters. The van der Waals surface area contributed by atoms with E-state index in [1.54, 1.807) is 0 Å². The van der Waals surface area contributed by atoms with Crippen LogP contribution < -0.4 is 10.2 Å². The van der Waals surface area contributed by atoms with Crippen LogP contribution in [0, 0.1) is 13.8 Å².